The summed E-state index contributed by atoms with van der Waals surface area (Å²) in [5.74, 6) is 0.933. The Morgan fingerprint density at radius 1 is 1.29 bits per heavy atom. The van der Waals surface area contributed by atoms with Crippen molar-refractivity contribution in [3.05, 3.63) is 46.7 Å². The molecule has 0 atom stereocenters. The topological polar surface area (TPSA) is 92.4 Å². The lowest BCUT2D eigenvalue weighted by Crippen LogP contribution is -2.24. The second kappa shape index (κ2) is 5.97. The number of hydrogen-bond donors (Lipinski definition) is 2. The highest BCUT2D eigenvalue weighted by atomic mass is 32.2. The smallest absolute Gasteiger partial charge is 0.241 e. The van der Waals surface area contributed by atoms with Crippen LogP contribution in [0, 0.1) is 20.8 Å². The second-order valence-corrected chi connectivity index (χ2v) is 6.62. The van der Waals surface area contributed by atoms with Crippen LogP contribution in [-0.2, 0) is 23.2 Å². The zero-order chi connectivity index (χ0) is 15.6. The number of benzene rings is 1. The van der Waals surface area contributed by atoms with Gasteiger partial charge in [-0.25, -0.2) is 18.1 Å². The number of oxazole rings is 1. The molecule has 1 aromatic carbocycles. The van der Waals surface area contributed by atoms with Crippen LogP contribution in [0.3, 0.4) is 0 Å². The summed E-state index contributed by atoms with van der Waals surface area (Å²) in [6.45, 7) is 5.06. The summed E-state index contributed by atoms with van der Waals surface area (Å²) in [4.78, 5) is 4.11. The van der Waals surface area contributed by atoms with E-state index in [9.17, 15) is 13.5 Å². The van der Waals surface area contributed by atoms with Gasteiger partial charge in [0.2, 0.25) is 15.9 Å². The summed E-state index contributed by atoms with van der Waals surface area (Å²) in [5.41, 5.74) is 2.03. The molecule has 114 valence electrons. The maximum absolute atomic E-state index is 12.4. The van der Waals surface area contributed by atoms with Gasteiger partial charge in [-0.05, 0) is 43.5 Å². The minimum atomic E-state index is -3.70. The lowest BCUT2D eigenvalue weighted by Gasteiger charge is -2.12. The molecule has 2 rings (SSSR count). The van der Waals surface area contributed by atoms with Crippen LogP contribution < -0.4 is 4.72 Å². The van der Waals surface area contributed by atoms with E-state index in [1.807, 2.05) is 6.92 Å². The average molecular weight is 310 g/mol. The van der Waals surface area contributed by atoms with Crippen molar-refractivity contribution in [2.24, 2.45) is 0 Å². The second-order valence-electron chi connectivity index (χ2n) is 4.88. The van der Waals surface area contributed by atoms with Crippen molar-refractivity contribution in [2.75, 3.05) is 0 Å². The number of nitrogens with one attached hydrogen (secondary N) is 1. The van der Waals surface area contributed by atoms with E-state index >= 15 is 0 Å². The van der Waals surface area contributed by atoms with Crippen molar-refractivity contribution < 1.29 is 17.9 Å². The standard InChI is InChI=1S/C14H18N2O4S/c1-9-4-12(8-17)5-13(11(9)3)21(18,19)16-7-14-15-6-10(2)20-14/h4-6,16-17H,7-8H2,1-3H3. The molecular weight excluding hydrogens is 292 g/mol. The van der Waals surface area contributed by atoms with Crippen LogP contribution in [-0.4, -0.2) is 18.5 Å². The van der Waals surface area contributed by atoms with Gasteiger partial charge in [0.15, 0.2) is 0 Å². The molecule has 0 saturated carbocycles. The van der Waals surface area contributed by atoms with Crippen molar-refractivity contribution in [3.63, 3.8) is 0 Å². The van der Waals surface area contributed by atoms with Gasteiger partial charge in [0, 0.05) is 0 Å². The van der Waals surface area contributed by atoms with Crippen LogP contribution in [0.4, 0.5) is 0 Å². The number of hydrogen-bond acceptors (Lipinski definition) is 5. The van der Waals surface area contributed by atoms with E-state index < -0.39 is 10.0 Å². The third-order valence-corrected chi connectivity index (χ3v) is 4.76. The monoisotopic (exact) mass is 310 g/mol. The van der Waals surface area contributed by atoms with Gasteiger partial charge in [0.1, 0.15) is 5.76 Å². The van der Waals surface area contributed by atoms with E-state index in [1.54, 1.807) is 19.9 Å². The maximum Gasteiger partial charge on any atom is 0.241 e. The summed E-state index contributed by atoms with van der Waals surface area (Å²) in [7, 11) is -3.70. The highest BCUT2D eigenvalue weighted by molar-refractivity contribution is 7.89. The normalized spacial score (nSPS) is 11.8. The number of rotatable bonds is 5. The first-order valence-corrected chi connectivity index (χ1v) is 7.94. The molecule has 1 aromatic heterocycles. The fourth-order valence-electron chi connectivity index (χ4n) is 1.99. The first-order chi connectivity index (χ1) is 9.83. The van der Waals surface area contributed by atoms with Crippen molar-refractivity contribution in [1.82, 2.24) is 9.71 Å². The number of aromatic nitrogens is 1. The Labute approximate surface area is 123 Å². The Morgan fingerprint density at radius 3 is 2.57 bits per heavy atom. The molecule has 0 aliphatic heterocycles. The molecule has 2 N–H and O–H groups in total. The molecule has 0 fully saturated rings. The number of sulfonamides is 1. The zero-order valence-corrected chi connectivity index (χ0v) is 13.0. The largest absolute Gasteiger partial charge is 0.445 e. The van der Waals surface area contributed by atoms with Gasteiger partial charge in [-0.3, -0.25) is 0 Å². The van der Waals surface area contributed by atoms with E-state index in [0.29, 0.717) is 22.8 Å². The molecule has 0 saturated heterocycles. The van der Waals surface area contributed by atoms with Crippen molar-refractivity contribution in [3.8, 4) is 0 Å². The fourth-order valence-corrected chi connectivity index (χ4v) is 3.33. The Kier molecular flexibility index (Phi) is 4.46. The lowest BCUT2D eigenvalue weighted by molar-refractivity contribution is 0.281. The van der Waals surface area contributed by atoms with E-state index in [0.717, 1.165) is 5.56 Å². The van der Waals surface area contributed by atoms with E-state index in [-0.39, 0.29) is 18.0 Å². The summed E-state index contributed by atoms with van der Waals surface area (Å²) < 4.78 is 32.5. The van der Waals surface area contributed by atoms with Gasteiger partial charge in [-0.15, -0.1) is 0 Å². The van der Waals surface area contributed by atoms with Gasteiger partial charge in [0.25, 0.3) is 0 Å². The molecule has 0 bridgehead atoms. The molecule has 0 radical (unpaired) electrons. The molecule has 6 nitrogen and oxygen atoms in total. The predicted molar refractivity (Wildman–Crippen MR) is 77.1 cm³/mol. The first-order valence-electron chi connectivity index (χ1n) is 6.45. The molecule has 21 heavy (non-hydrogen) atoms. The summed E-state index contributed by atoms with van der Waals surface area (Å²) in [6.07, 6.45) is 1.53. The Hall–Kier alpha value is -1.70. The van der Waals surface area contributed by atoms with Crippen LogP contribution in [0.25, 0.3) is 0 Å². The van der Waals surface area contributed by atoms with Crippen LogP contribution >= 0.6 is 0 Å². The highest BCUT2D eigenvalue weighted by Gasteiger charge is 2.19. The first kappa shape index (κ1) is 15.7. The summed E-state index contributed by atoms with van der Waals surface area (Å²) >= 11 is 0. The van der Waals surface area contributed by atoms with Gasteiger partial charge in [0.05, 0.1) is 24.2 Å². The van der Waals surface area contributed by atoms with Crippen molar-refractivity contribution >= 4 is 10.0 Å². The number of aliphatic hydroxyl groups excluding tert-OH is 1. The van der Waals surface area contributed by atoms with Gasteiger partial charge < -0.3 is 9.52 Å². The Bertz CT molecular complexity index is 750. The van der Waals surface area contributed by atoms with E-state index in [4.69, 9.17) is 4.42 Å². The summed E-state index contributed by atoms with van der Waals surface area (Å²) in [5, 5.41) is 9.21. The predicted octanol–water partition coefficient (Wildman–Crippen LogP) is 1.57. The highest BCUT2D eigenvalue weighted by Crippen LogP contribution is 2.21. The SMILES string of the molecule is Cc1cnc(CNS(=O)(=O)c2cc(CO)cc(C)c2C)o1. The van der Waals surface area contributed by atoms with Gasteiger partial charge in [-0.2, -0.15) is 0 Å². The minimum absolute atomic E-state index is 0.0159. The van der Waals surface area contributed by atoms with Crippen LogP contribution in [0.15, 0.2) is 27.6 Å². The molecule has 7 heteroatoms. The molecule has 0 amide bonds. The van der Waals surface area contributed by atoms with E-state index in [1.165, 1.54) is 12.3 Å². The lowest BCUT2D eigenvalue weighted by atomic mass is 10.1. The Morgan fingerprint density at radius 2 is 2.00 bits per heavy atom. The quantitative estimate of drug-likeness (QED) is 0.874. The number of aliphatic hydroxyl groups is 1. The molecule has 1 heterocycles. The number of aryl methyl sites for hydroxylation is 2. The van der Waals surface area contributed by atoms with Crippen LogP contribution in [0.1, 0.15) is 28.3 Å². The Balaban J connectivity index is 2.29. The van der Waals surface area contributed by atoms with Crippen molar-refractivity contribution in [2.45, 2.75) is 38.8 Å². The fraction of sp³-hybridized carbons (Fsp3) is 0.357. The third kappa shape index (κ3) is 3.49. The minimum Gasteiger partial charge on any atom is -0.445 e. The molecular formula is C14H18N2O4S. The average Bonchev–Trinajstić information content (AvgIpc) is 2.85. The van der Waals surface area contributed by atoms with Crippen LogP contribution in [0.5, 0.6) is 0 Å². The molecule has 0 aliphatic carbocycles. The molecule has 0 unspecified atom stereocenters. The zero-order valence-electron chi connectivity index (χ0n) is 12.2. The third-order valence-electron chi connectivity index (χ3n) is 3.23. The molecule has 0 spiro atoms. The number of nitrogens with zero attached hydrogens (tertiary/aromatic N) is 1. The van der Waals surface area contributed by atoms with Crippen LogP contribution in [0.2, 0.25) is 0 Å². The summed E-state index contributed by atoms with van der Waals surface area (Å²) in [6, 6.07) is 3.25. The van der Waals surface area contributed by atoms with Crippen molar-refractivity contribution in [1.29, 1.82) is 0 Å². The molecule has 0 aliphatic rings. The maximum atomic E-state index is 12.4. The molecule has 2 aromatic rings. The van der Waals surface area contributed by atoms with Gasteiger partial charge >= 0.3 is 0 Å². The van der Waals surface area contributed by atoms with Gasteiger partial charge in [-0.1, -0.05) is 6.07 Å². The van der Waals surface area contributed by atoms with E-state index in [2.05, 4.69) is 9.71 Å².